The van der Waals surface area contributed by atoms with Gasteiger partial charge in [-0.15, -0.1) is 0 Å². The minimum Gasteiger partial charge on any atom is -0.456 e. The largest absolute Gasteiger partial charge is 0.456 e. The van der Waals surface area contributed by atoms with Crippen LogP contribution in [-0.4, -0.2) is 4.57 Å². The average molecular weight is 729 g/mol. The molecule has 0 unspecified atom stereocenters. The Hall–Kier alpha value is -7.62. The zero-order valence-electron chi connectivity index (χ0n) is 31.1. The Morgan fingerprint density at radius 2 is 0.754 bits per heavy atom. The molecule has 268 valence electrons. The van der Waals surface area contributed by atoms with E-state index in [1.807, 2.05) is 12.1 Å². The standard InChI is InChI=1S/C54H36N2O/c1-3-11-37(12-4-1)39-19-26-43(27-20-39)55(44-28-21-40(22-29-44)38-13-5-2-6-14-38)45-30-23-41(24-31-45)42-25-34-52-50(35-42)47-15-7-9-17-51(47)56(52)46-32-33-49-48-16-8-10-18-53(48)57-54(49)36-46/h1-36H. The number of furan rings is 1. The van der Waals surface area contributed by atoms with Crippen molar-refractivity contribution in [3.05, 3.63) is 218 Å². The highest BCUT2D eigenvalue weighted by molar-refractivity contribution is 6.11. The molecular weight excluding hydrogens is 693 g/mol. The number of rotatable bonds is 7. The van der Waals surface area contributed by atoms with E-state index in [0.717, 1.165) is 50.2 Å². The molecule has 9 aromatic carbocycles. The highest BCUT2D eigenvalue weighted by atomic mass is 16.3. The Morgan fingerprint density at radius 3 is 1.37 bits per heavy atom. The van der Waals surface area contributed by atoms with E-state index in [0.29, 0.717) is 0 Å². The molecule has 0 N–H and O–H groups in total. The summed E-state index contributed by atoms with van der Waals surface area (Å²) in [6.45, 7) is 0. The Morgan fingerprint density at radius 1 is 0.298 bits per heavy atom. The first-order valence-electron chi connectivity index (χ1n) is 19.4. The van der Waals surface area contributed by atoms with Crippen molar-refractivity contribution in [3.8, 4) is 39.1 Å². The summed E-state index contributed by atoms with van der Waals surface area (Å²) in [7, 11) is 0. The zero-order valence-corrected chi connectivity index (χ0v) is 31.1. The number of hydrogen-bond donors (Lipinski definition) is 0. The van der Waals surface area contributed by atoms with Crippen molar-refractivity contribution in [3.63, 3.8) is 0 Å². The molecule has 0 saturated carbocycles. The zero-order chi connectivity index (χ0) is 37.7. The Bertz CT molecular complexity index is 3110. The summed E-state index contributed by atoms with van der Waals surface area (Å²) in [5.41, 5.74) is 15.7. The summed E-state index contributed by atoms with van der Waals surface area (Å²) in [6, 6.07) is 78.1. The Kier molecular flexibility index (Phi) is 7.82. The second-order valence-corrected chi connectivity index (χ2v) is 14.6. The van der Waals surface area contributed by atoms with Crippen molar-refractivity contribution in [1.29, 1.82) is 0 Å². The minimum atomic E-state index is 0.893. The predicted molar refractivity (Wildman–Crippen MR) is 239 cm³/mol. The first kappa shape index (κ1) is 32.8. The Balaban J connectivity index is 0.972. The van der Waals surface area contributed by atoms with E-state index in [4.69, 9.17) is 4.42 Å². The first-order valence-corrected chi connectivity index (χ1v) is 19.4. The molecule has 0 spiro atoms. The van der Waals surface area contributed by atoms with Crippen LogP contribution < -0.4 is 4.90 Å². The molecule has 57 heavy (non-hydrogen) atoms. The molecule has 0 atom stereocenters. The molecule has 2 aromatic heterocycles. The molecule has 0 saturated heterocycles. The van der Waals surface area contributed by atoms with Crippen LogP contribution in [-0.2, 0) is 0 Å². The van der Waals surface area contributed by atoms with Gasteiger partial charge in [0, 0.05) is 50.4 Å². The number of hydrogen-bond acceptors (Lipinski definition) is 2. The first-order chi connectivity index (χ1) is 28.2. The van der Waals surface area contributed by atoms with E-state index in [-0.39, 0.29) is 0 Å². The molecule has 3 nitrogen and oxygen atoms in total. The lowest BCUT2D eigenvalue weighted by Crippen LogP contribution is -2.09. The van der Waals surface area contributed by atoms with Crippen molar-refractivity contribution in [2.75, 3.05) is 4.90 Å². The molecule has 3 heteroatoms. The molecule has 0 aliphatic heterocycles. The van der Waals surface area contributed by atoms with E-state index >= 15 is 0 Å². The molecule has 0 aliphatic carbocycles. The lowest BCUT2D eigenvalue weighted by Gasteiger charge is -2.26. The SMILES string of the molecule is c1ccc(-c2ccc(N(c3ccc(-c4ccccc4)cc3)c3ccc(-c4ccc5c(c4)c4ccccc4n5-c4ccc5c(c4)oc4ccccc45)cc3)cc2)cc1. The molecule has 11 aromatic rings. The summed E-state index contributed by atoms with van der Waals surface area (Å²) in [5, 5.41) is 4.71. The van der Waals surface area contributed by atoms with Crippen LogP contribution in [0.1, 0.15) is 0 Å². The molecule has 0 aliphatic rings. The fraction of sp³-hybridized carbons (Fsp3) is 0. The van der Waals surface area contributed by atoms with E-state index in [2.05, 4.69) is 216 Å². The van der Waals surface area contributed by atoms with Crippen LogP contribution in [0, 0.1) is 0 Å². The second-order valence-electron chi connectivity index (χ2n) is 14.6. The quantitative estimate of drug-likeness (QED) is 0.163. The van der Waals surface area contributed by atoms with Gasteiger partial charge in [0.1, 0.15) is 11.2 Å². The number of anilines is 3. The molecule has 2 heterocycles. The number of benzene rings is 9. The third-order valence-corrected chi connectivity index (χ3v) is 11.2. The van der Waals surface area contributed by atoms with Crippen LogP contribution in [0.25, 0.3) is 82.8 Å². The van der Waals surface area contributed by atoms with Gasteiger partial charge in [-0.3, -0.25) is 0 Å². The van der Waals surface area contributed by atoms with E-state index in [1.165, 1.54) is 49.7 Å². The predicted octanol–water partition coefficient (Wildman–Crippen LogP) is 15.2. The van der Waals surface area contributed by atoms with Crippen molar-refractivity contribution >= 4 is 60.8 Å². The third-order valence-electron chi connectivity index (χ3n) is 11.2. The lowest BCUT2D eigenvalue weighted by atomic mass is 10.0. The van der Waals surface area contributed by atoms with E-state index in [9.17, 15) is 0 Å². The van der Waals surface area contributed by atoms with Gasteiger partial charge in [-0.1, -0.05) is 140 Å². The fourth-order valence-electron chi connectivity index (χ4n) is 8.40. The summed E-state index contributed by atoms with van der Waals surface area (Å²) >= 11 is 0. The van der Waals surface area contributed by atoms with Crippen LogP contribution in [0.4, 0.5) is 17.1 Å². The number of fused-ring (bicyclic) bond motifs is 6. The summed E-state index contributed by atoms with van der Waals surface area (Å²) in [5.74, 6) is 0. The van der Waals surface area contributed by atoms with Crippen molar-refractivity contribution in [2.24, 2.45) is 0 Å². The van der Waals surface area contributed by atoms with Crippen LogP contribution in [0.3, 0.4) is 0 Å². The average Bonchev–Trinajstić information content (AvgIpc) is 3.83. The molecule has 0 fully saturated rings. The monoisotopic (exact) mass is 728 g/mol. The third kappa shape index (κ3) is 5.76. The topological polar surface area (TPSA) is 21.3 Å². The summed E-state index contributed by atoms with van der Waals surface area (Å²) in [6.07, 6.45) is 0. The lowest BCUT2D eigenvalue weighted by molar-refractivity contribution is 0.668. The normalized spacial score (nSPS) is 11.5. The number of para-hydroxylation sites is 2. The van der Waals surface area contributed by atoms with Gasteiger partial charge in [-0.05, 0) is 106 Å². The van der Waals surface area contributed by atoms with Crippen LogP contribution in [0.2, 0.25) is 0 Å². The molecular formula is C54H36N2O. The maximum Gasteiger partial charge on any atom is 0.137 e. The van der Waals surface area contributed by atoms with Gasteiger partial charge in [0.05, 0.1) is 11.0 Å². The minimum absolute atomic E-state index is 0.893. The van der Waals surface area contributed by atoms with Gasteiger partial charge < -0.3 is 13.9 Å². The van der Waals surface area contributed by atoms with Gasteiger partial charge in [-0.25, -0.2) is 0 Å². The van der Waals surface area contributed by atoms with E-state index < -0.39 is 0 Å². The second kappa shape index (κ2) is 13.6. The van der Waals surface area contributed by atoms with Crippen molar-refractivity contribution in [2.45, 2.75) is 0 Å². The number of nitrogens with zero attached hydrogens (tertiary/aromatic N) is 2. The van der Waals surface area contributed by atoms with Crippen molar-refractivity contribution in [1.82, 2.24) is 4.57 Å². The smallest absolute Gasteiger partial charge is 0.137 e. The number of aromatic nitrogens is 1. The van der Waals surface area contributed by atoms with E-state index in [1.54, 1.807) is 0 Å². The van der Waals surface area contributed by atoms with Gasteiger partial charge in [0.2, 0.25) is 0 Å². The van der Waals surface area contributed by atoms with Crippen LogP contribution in [0.15, 0.2) is 223 Å². The van der Waals surface area contributed by atoms with Crippen molar-refractivity contribution < 1.29 is 4.42 Å². The van der Waals surface area contributed by atoms with Crippen LogP contribution >= 0.6 is 0 Å². The van der Waals surface area contributed by atoms with Gasteiger partial charge in [0.15, 0.2) is 0 Å². The van der Waals surface area contributed by atoms with Crippen LogP contribution in [0.5, 0.6) is 0 Å². The fourth-order valence-corrected chi connectivity index (χ4v) is 8.40. The Labute approximate surface area is 330 Å². The van der Waals surface area contributed by atoms with Gasteiger partial charge >= 0.3 is 0 Å². The highest BCUT2D eigenvalue weighted by Gasteiger charge is 2.17. The molecule has 0 bridgehead atoms. The molecule has 0 amide bonds. The van der Waals surface area contributed by atoms with Gasteiger partial charge in [0.25, 0.3) is 0 Å². The molecule has 0 radical (unpaired) electrons. The van der Waals surface area contributed by atoms with Gasteiger partial charge in [-0.2, -0.15) is 0 Å². The molecule has 11 rings (SSSR count). The maximum absolute atomic E-state index is 6.31. The maximum atomic E-state index is 6.31. The summed E-state index contributed by atoms with van der Waals surface area (Å²) < 4.78 is 8.66. The summed E-state index contributed by atoms with van der Waals surface area (Å²) in [4.78, 5) is 2.34. The highest BCUT2D eigenvalue weighted by Crippen LogP contribution is 2.40.